The lowest BCUT2D eigenvalue weighted by molar-refractivity contribution is -0.0325. The van der Waals surface area contributed by atoms with Gasteiger partial charge in [-0.2, -0.15) is 0 Å². The number of methoxy groups -OCH3 is 1. The van der Waals surface area contributed by atoms with E-state index in [-0.39, 0.29) is 11.4 Å². The highest BCUT2D eigenvalue weighted by Crippen LogP contribution is 2.44. The van der Waals surface area contributed by atoms with Crippen molar-refractivity contribution in [3.8, 4) is 5.75 Å². The van der Waals surface area contributed by atoms with Gasteiger partial charge in [-0.25, -0.2) is 4.39 Å². The predicted molar refractivity (Wildman–Crippen MR) is 108 cm³/mol. The molecule has 4 rings (SSSR count). The molecule has 0 amide bonds. The minimum atomic E-state index is -0.188. The second kappa shape index (κ2) is 8.13. The van der Waals surface area contributed by atoms with Crippen LogP contribution in [-0.2, 0) is 11.3 Å². The van der Waals surface area contributed by atoms with E-state index in [9.17, 15) is 4.39 Å². The van der Waals surface area contributed by atoms with Crippen LogP contribution in [0.15, 0.2) is 41.3 Å². The molecule has 0 saturated heterocycles. The number of nitrogens with one attached hydrogen (secondary N) is 1. The van der Waals surface area contributed by atoms with Gasteiger partial charge >= 0.3 is 0 Å². The number of hydrogen-bond donors (Lipinski definition) is 1. The zero-order chi connectivity index (χ0) is 18.7. The highest BCUT2D eigenvalue weighted by molar-refractivity contribution is 7.10. The summed E-state index contributed by atoms with van der Waals surface area (Å²) >= 11 is 1.70. The fraction of sp³-hybridized carbons (Fsp3) is 0.455. The molecule has 1 spiro atoms. The third kappa shape index (κ3) is 4.10. The van der Waals surface area contributed by atoms with E-state index >= 15 is 0 Å². The molecular formula is C22H26FNO2S. The van der Waals surface area contributed by atoms with Crippen molar-refractivity contribution in [1.82, 2.24) is 5.32 Å². The first-order valence-corrected chi connectivity index (χ1v) is 10.5. The fourth-order valence-electron chi connectivity index (χ4n) is 4.25. The maximum atomic E-state index is 13.4. The van der Waals surface area contributed by atoms with Gasteiger partial charge in [-0.3, -0.25) is 0 Å². The van der Waals surface area contributed by atoms with Gasteiger partial charge in [0.2, 0.25) is 0 Å². The van der Waals surface area contributed by atoms with Gasteiger partial charge in [-0.05, 0) is 53.1 Å². The molecule has 27 heavy (non-hydrogen) atoms. The molecule has 1 fully saturated rings. The number of rotatable bonds is 6. The molecular weight excluding hydrogens is 361 g/mol. The van der Waals surface area contributed by atoms with Crippen LogP contribution >= 0.6 is 11.3 Å². The summed E-state index contributed by atoms with van der Waals surface area (Å²) in [6, 6.07) is 8.92. The van der Waals surface area contributed by atoms with Crippen LogP contribution < -0.4 is 10.1 Å². The van der Waals surface area contributed by atoms with Crippen molar-refractivity contribution < 1.29 is 13.9 Å². The van der Waals surface area contributed by atoms with Gasteiger partial charge in [-0.15, -0.1) is 11.3 Å². The number of ether oxygens (including phenoxy) is 2. The van der Waals surface area contributed by atoms with E-state index in [4.69, 9.17) is 9.47 Å². The van der Waals surface area contributed by atoms with E-state index in [1.807, 2.05) is 23.6 Å². The van der Waals surface area contributed by atoms with E-state index in [1.165, 1.54) is 28.9 Å². The molecule has 1 aliphatic carbocycles. The van der Waals surface area contributed by atoms with Gasteiger partial charge < -0.3 is 14.8 Å². The van der Waals surface area contributed by atoms with Crippen LogP contribution in [-0.4, -0.2) is 25.9 Å². The number of thiophene rings is 1. The Morgan fingerprint density at radius 2 is 1.93 bits per heavy atom. The van der Waals surface area contributed by atoms with E-state index < -0.39 is 0 Å². The van der Waals surface area contributed by atoms with Crippen molar-refractivity contribution in [1.29, 1.82) is 0 Å². The average molecular weight is 388 g/mol. The number of hydrogen-bond acceptors (Lipinski definition) is 4. The minimum absolute atomic E-state index is 0.00973. The lowest BCUT2D eigenvalue weighted by Gasteiger charge is -2.37. The lowest BCUT2D eigenvalue weighted by atomic mass is 9.84. The topological polar surface area (TPSA) is 30.5 Å². The van der Waals surface area contributed by atoms with Crippen LogP contribution in [0.5, 0.6) is 5.75 Å². The Balaban J connectivity index is 1.53. The maximum absolute atomic E-state index is 13.4. The smallest absolute Gasteiger partial charge is 0.134 e. The van der Waals surface area contributed by atoms with Crippen molar-refractivity contribution in [3.63, 3.8) is 0 Å². The Morgan fingerprint density at radius 1 is 1.15 bits per heavy atom. The molecule has 1 N–H and O–H groups in total. The Morgan fingerprint density at radius 3 is 2.67 bits per heavy atom. The summed E-state index contributed by atoms with van der Waals surface area (Å²) in [6.07, 6.45) is 5.67. The van der Waals surface area contributed by atoms with Crippen LogP contribution in [0.1, 0.15) is 42.5 Å². The quantitative estimate of drug-likeness (QED) is 0.741. The van der Waals surface area contributed by atoms with Crippen LogP contribution in [0.4, 0.5) is 4.39 Å². The SMILES string of the molecule is COc1ccsc1CNCC1=C(c2ccc(F)cc2)CC2(CCCC2)OC1. The molecule has 2 aromatic rings. The standard InChI is InChI=1S/C22H26FNO2S/c1-25-20-8-11-27-21(20)14-24-13-17-15-26-22(9-2-3-10-22)12-19(17)16-4-6-18(23)7-5-16/h4-8,11,24H,2-3,9-10,12-15H2,1H3. The van der Waals surface area contributed by atoms with Crippen molar-refractivity contribution in [2.45, 2.75) is 44.2 Å². The predicted octanol–water partition coefficient (Wildman–Crippen LogP) is 5.17. The van der Waals surface area contributed by atoms with Crippen molar-refractivity contribution >= 4 is 16.9 Å². The molecule has 1 aliphatic heterocycles. The van der Waals surface area contributed by atoms with Gasteiger partial charge in [0.25, 0.3) is 0 Å². The Labute approximate surface area is 164 Å². The number of benzene rings is 1. The molecule has 5 heteroatoms. The molecule has 0 bridgehead atoms. The van der Waals surface area contributed by atoms with Crippen LogP contribution in [0, 0.1) is 5.82 Å². The molecule has 1 saturated carbocycles. The molecule has 0 unspecified atom stereocenters. The first kappa shape index (κ1) is 18.7. The van der Waals surface area contributed by atoms with Crippen LogP contribution in [0.25, 0.3) is 5.57 Å². The zero-order valence-electron chi connectivity index (χ0n) is 15.7. The number of halogens is 1. The van der Waals surface area contributed by atoms with E-state index in [0.29, 0.717) is 6.61 Å². The van der Waals surface area contributed by atoms with Gasteiger partial charge in [0.05, 0.1) is 24.2 Å². The van der Waals surface area contributed by atoms with Gasteiger partial charge in [0, 0.05) is 19.5 Å². The molecule has 144 valence electrons. The van der Waals surface area contributed by atoms with Gasteiger partial charge in [0.15, 0.2) is 0 Å². The van der Waals surface area contributed by atoms with Gasteiger partial charge in [0.1, 0.15) is 11.6 Å². The minimum Gasteiger partial charge on any atom is -0.496 e. The lowest BCUT2D eigenvalue weighted by Crippen LogP contribution is -2.36. The molecule has 2 aliphatic rings. The summed E-state index contributed by atoms with van der Waals surface area (Å²) in [6.45, 7) is 2.19. The van der Waals surface area contributed by atoms with Gasteiger partial charge in [-0.1, -0.05) is 25.0 Å². The first-order chi connectivity index (χ1) is 13.2. The molecule has 1 aromatic carbocycles. The third-order valence-corrected chi connectivity index (χ3v) is 6.64. The molecule has 3 nitrogen and oxygen atoms in total. The van der Waals surface area contributed by atoms with Crippen molar-refractivity contribution in [2.75, 3.05) is 20.3 Å². The second-order valence-electron chi connectivity index (χ2n) is 7.46. The summed E-state index contributed by atoms with van der Waals surface area (Å²) < 4.78 is 25.2. The third-order valence-electron chi connectivity index (χ3n) is 5.73. The van der Waals surface area contributed by atoms with E-state index in [0.717, 1.165) is 43.7 Å². The fourth-order valence-corrected chi connectivity index (χ4v) is 5.06. The average Bonchev–Trinajstić information content (AvgIpc) is 3.33. The van der Waals surface area contributed by atoms with Crippen molar-refractivity contribution in [3.05, 3.63) is 57.5 Å². The van der Waals surface area contributed by atoms with Crippen LogP contribution in [0.3, 0.4) is 0 Å². The summed E-state index contributed by atoms with van der Waals surface area (Å²) in [5.41, 5.74) is 3.71. The van der Waals surface area contributed by atoms with E-state index in [2.05, 4.69) is 5.32 Å². The largest absolute Gasteiger partial charge is 0.496 e. The Hall–Kier alpha value is -1.69. The normalized spacial score (nSPS) is 19.0. The summed E-state index contributed by atoms with van der Waals surface area (Å²) in [5, 5.41) is 5.59. The monoisotopic (exact) mass is 387 g/mol. The second-order valence-corrected chi connectivity index (χ2v) is 8.46. The van der Waals surface area contributed by atoms with E-state index in [1.54, 1.807) is 30.6 Å². The summed E-state index contributed by atoms with van der Waals surface area (Å²) in [5.74, 6) is 0.747. The highest BCUT2D eigenvalue weighted by Gasteiger charge is 2.39. The van der Waals surface area contributed by atoms with Crippen molar-refractivity contribution in [2.24, 2.45) is 0 Å². The molecule has 0 atom stereocenters. The molecule has 0 radical (unpaired) electrons. The highest BCUT2D eigenvalue weighted by atomic mass is 32.1. The molecule has 2 heterocycles. The summed E-state index contributed by atoms with van der Waals surface area (Å²) in [7, 11) is 1.71. The maximum Gasteiger partial charge on any atom is 0.134 e. The zero-order valence-corrected chi connectivity index (χ0v) is 16.5. The Kier molecular flexibility index (Phi) is 5.62. The Bertz CT molecular complexity index is 806. The molecule has 1 aromatic heterocycles. The van der Waals surface area contributed by atoms with Crippen LogP contribution in [0.2, 0.25) is 0 Å². The first-order valence-electron chi connectivity index (χ1n) is 9.61. The summed E-state index contributed by atoms with van der Waals surface area (Å²) in [4.78, 5) is 1.20.